The fraction of sp³-hybridized carbons (Fsp3) is 0.294. The van der Waals surface area contributed by atoms with Crippen molar-refractivity contribution in [2.45, 2.75) is 26.3 Å². The predicted molar refractivity (Wildman–Crippen MR) is 80.0 cm³/mol. The molecule has 3 nitrogen and oxygen atoms in total. The van der Waals surface area contributed by atoms with Gasteiger partial charge in [0.05, 0.1) is 6.42 Å². The van der Waals surface area contributed by atoms with E-state index in [9.17, 15) is 18.0 Å². The van der Waals surface area contributed by atoms with Gasteiger partial charge < -0.3 is 4.90 Å². The predicted octanol–water partition coefficient (Wildman–Crippen LogP) is 3.48. The molecule has 0 saturated heterocycles. The van der Waals surface area contributed by atoms with Crippen molar-refractivity contribution in [2.75, 3.05) is 6.54 Å². The summed E-state index contributed by atoms with van der Waals surface area (Å²) in [6, 6.07) is 5.52. The van der Waals surface area contributed by atoms with Crippen molar-refractivity contribution in [2.24, 2.45) is 0 Å². The molecule has 0 aliphatic rings. The number of benzene rings is 1. The van der Waals surface area contributed by atoms with E-state index in [0.717, 1.165) is 24.1 Å². The quantitative estimate of drug-likeness (QED) is 0.763. The zero-order chi connectivity index (χ0) is 16.8. The normalized spacial score (nSPS) is 10.6. The van der Waals surface area contributed by atoms with Gasteiger partial charge >= 0.3 is 0 Å². The highest BCUT2D eigenvalue weighted by Gasteiger charge is 2.19. The van der Waals surface area contributed by atoms with Crippen LogP contribution in [-0.4, -0.2) is 22.3 Å². The summed E-state index contributed by atoms with van der Waals surface area (Å²) in [6.07, 6.45) is 3.69. The van der Waals surface area contributed by atoms with Crippen LogP contribution in [0.1, 0.15) is 24.5 Å². The topological polar surface area (TPSA) is 33.2 Å². The molecule has 0 radical (unpaired) electrons. The molecule has 1 aromatic heterocycles. The highest BCUT2D eigenvalue weighted by atomic mass is 19.2. The highest BCUT2D eigenvalue weighted by molar-refractivity contribution is 5.78. The van der Waals surface area contributed by atoms with Crippen LogP contribution in [0.15, 0.2) is 36.7 Å². The van der Waals surface area contributed by atoms with Crippen molar-refractivity contribution in [3.05, 3.63) is 65.2 Å². The van der Waals surface area contributed by atoms with E-state index in [1.54, 1.807) is 23.4 Å². The molecule has 23 heavy (non-hydrogen) atoms. The summed E-state index contributed by atoms with van der Waals surface area (Å²) >= 11 is 0. The lowest BCUT2D eigenvalue weighted by atomic mass is 10.1. The van der Waals surface area contributed by atoms with E-state index >= 15 is 0 Å². The SMILES string of the molecule is CCCN(Cc1cccnc1)C(=O)Cc1ccc(F)c(F)c1F. The third kappa shape index (κ3) is 4.31. The molecule has 1 heterocycles. The van der Waals surface area contributed by atoms with Gasteiger partial charge in [-0.15, -0.1) is 0 Å². The number of rotatable bonds is 6. The van der Waals surface area contributed by atoms with E-state index in [2.05, 4.69) is 4.98 Å². The molecule has 2 rings (SSSR count). The van der Waals surface area contributed by atoms with Crippen LogP contribution in [0.5, 0.6) is 0 Å². The molecule has 1 aromatic carbocycles. The Kier molecular flexibility index (Phi) is 5.73. The van der Waals surface area contributed by atoms with Crippen LogP contribution < -0.4 is 0 Å². The number of carbonyl (C=O) groups is 1. The number of nitrogens with zero attached hydrogens (tertiary/aromatic N) is 2. The van der Waals surface area contributed by atoms with E-state index in [-0.39, 0.29) is 17.9 Å². The number of halogens is 3. The van der Waals surface area contributed by atoms with Gasteiger partial charge in [-0.1, -0.05) is 19.1 Å². The molecule has 0 saturated carbocycles. The average Bonchev–Trinajstić information content (AvgIpc) is 2.56. The van der Waals surface area contributed by atoms with Crippen molar-refractivity contribution < 1.29 is 18.0 Å². The van der Waals surface area contributed by atoms with Crippen molar-refractivity contribution in [1.29, 1.82) is 0 Å². The molecule has 0 aliphatic heterocycles. The number of carbonyl (C=O) groups excluding carboxylic acids is 1. The lowest BCUT2D eigenvalue weighted by molar-refractivity contribution is -0.131. The Morgan fingerprint density at radius 3 is 2.61 bits per heavy atom. The molecule has 1 amide bonds. The smallest absolute Gasteiger partial charge is 0.227 e. The average molecular weight is 322 g/mol. The van der Waals surface area contributed by atoms with Gasteiger partial charge in [0.2, 0.25) is 5.91 Å². The Morgan fingerprint density at radius 2 is 1.96 bits per heavy atom. The minimum absolute atomic E-state index is 0.152. The molecule has 6 heteroatoms. The minimum Gasteiger partial charge on any atom is -0.338 e. The maximum Gasteiger partial charge on any atom is 0.227 e. The number of aromatic nitrogens is 1. The van der Waals surface area contributed by atoms with Crippen LogP contribution in [-0.2, 0) is 17.8 Å². The second-order valence-corrected chi connectivity index (χ2v) is 5.19. The Labute approximate surface area is 132 Å². The third-order valence-electron chi connectivity index (χ3n) is 3.40. The van der Waals surface area contributed by atoms with Crippen LogP contribution in [0.2, 0.25) is 0 Å². The summed E-state index contributed by atoms with van der Waals surface area (Å²) in [5.74, 6) is -4.47. The summed E-state index contributed by atoms with van der Waals surface area (Å²) < 4.78 is 39.9. The first-order valence-corrected chi connectivity index (χ1v) is 7.32. The highest BCUT2D eigenvalue weighted by Crippen LogP contribution is 2.17. The lowest BCUT2D eigenvalue weighted by Crippen LogP contribution is -2.32. The van der Waals surface area contributed by atoms with E-state index < -0.39 is 17.5 Å². The molecule has 0 atom stereocenters. The first-order chi connectivity index (χ1) is 11.0. The number of amides is 1. The molecule has 0 N–H and O–H groups in total. The molecule has 0 spiro atoms. The number of hydrogen-bond donors (Lipinski definition) is 0. The summed E-state index contributed by atoms with van der Waals surface area (Å²) in [4.78, 5) is 17.9. The van der Waals surface area contributed by atoms with Gasteiger partial charge in [-0.3, -0.25) is 9.78 Å². The van der Waals surface area contributed by atoms with Crippen LogP contribution in [0.4, 0.5) is 13.2 Å². The zero-order valence-electron chi connectivity index (χ0n) is 12.7. The van der Waals surface area contributed by atoms with Gasteiger partial charge in [0.25, 0.3) is 0 Å². The van der Waals surface area contributed by atoms with Gasteiger partial charge in [-0.2, -0.15) is 0 Å². The number of pyridine rings is 1. The lowest BCUT2D eigenvalue weighted by Gasteiger charge is -2.22. The van der Waals surface area contributed by atoms with E-state index in [1.165, 1.54) is 0 Å². The van der Waals surface area contributed by atoms with Gasteiger partial charge in [-0.25, -0.2) is 13.2 Å². The van der Waals surface area contributed by atoms with Crippen molar-refractivity contribution in [3.63, 3.8) is 0 Å². The van der Waals surface area contributed by atoms with Crippen molar-refractivity contribution in [1.82, 2.24) is 9.88 Å². The van der Waals surface area contributed by atoms with Gasteiger partial charge in [0, 0.05) is 31.0 Å². The first-order valence-electron chi connectivity index (χ1n) is 7.32. The van der Waals surface area contributed by atoms with Gasteiger partial charge in [0.1, 0.15) is 0 Å². The summed E-state index contributed by atoms with van der Waals surface area (Å²) in [5, 5.41) is 0. The Hall–Kier alpha value is -2.37. The Balaban J connectivity index is 2.14. The second kappa shape index (κ2) is 7.76. The van der Waals surface area contributed by atoms with Gasteiger partial charge in [0.15, 0.2) is 17.5 Å². The first kappa shape index (κ1) is 17.0. The fourth-order valence-corrected chi connectivity index (χ4v) is 2.25. The summed E-state index contributed by atoms with van der Waals surface area (Å²) in [7, 11) is 0. The molecule has 0 fully saturated rings. The van der Waals surface area contributed by atoms with Gasteiger partial charge in [-0.05, 0) is 24.1 Å². The van der Waals surface area contributed by atoms with E-state index in [1.807, 2.05) is 13.0 Å². The van der Waals surface area contributed by atoms with Crippen molar-refractivity contribution >= 4 is 5.91 Å². The van der Waals surface area contributed by atoms with E-state index in [0.29, 0.717) is 13.1 Å². The third-order valence-corrected chi connectivity index (χ3v) is 3.40. The molecular weight excluding hydrogens is 305 g/mol. The molecule has 122 valence electrons. The maximum atomic E-state index is 13.7. The standard InChI is InChI=1S/C17H17F3N2O/c1-2-8-22(11-12-4-3-7-21-10-12)15(23)9-13-5-6-14(18)17(20)16(13)19/h3-7,10H,2,8-9,11H2,1H3. The van der Waals surface area contributed by atoms with Crippen LogP contribution in [0.25, 0.3) is 0 Å². The van der Waals surface area contributed by atoms with Crippen LogP contribution in [0.3, 0.4) is 0 Å². The second-order valence-electron chi connectivity index (χ2n) is 5.19. The van der Waals surface area contributed by atoms with E-state index in [4.69, 9.17) is 0 Å². The monoisotopic (exact) mass is 322 g/mol. The van der Waals surface area contributed by atoms with Crippen molar-refractivity contribution in [3.8, 4) is 0 Å². The molecule has 0 bridgehead atoms. The Morgan fingerprint density at radius 1 is 1.17 bits per heavy atom. The minimum atomic E-state index is -1.55. The summed E-state index contributed by atoms with van der Waals surface area (Å²) in [5.41, 5.74) is 0.696. The molecule has 0 unspecified atom stereocenters. The maximum absolute atomic E-state index is 13.7. The molecule has 0 aliphatic carbocycles. The Bertz CT molecular complexity index is 677. The fourth-order valence-electron chi connectivity index (χ4n) is 2.25. The summed E-state index contributed by atoms with van der Waals surface area (Å²) in [6.45, 7) is 2.74. The number of hydrogen-bond acceptors (Lipinski definition) is 2. The van der Waals surface area contributed by atoms with Crippen LogP contribution >= 0.6 is 0 Å². The largest absolute Gasteiger partial charge is 0.338 e. The van der Waals surface area contributed by atoms with Crippen LogP contribution in [0, 0.1) is 17.5 Å². The molecule has 2 aromatic rings. The zero-order valence-corrected chi connectivity index (χ0v) is 12.7. The molecular formula is C17H17F3N2O.